The van der Waals surface area contributed by atoms with Gasteiger partial charge in [0.15, 0.2) is 0 Å². The van der Waals surface area contributed by atoms with Crippen molar-refractivity contribution in [2.45, 2.75) is 26.3 Å². The lowest BCUT2D eigenvalue weighted by Crippen LogP contribution is -2.39. The normalized spacial score (nSPS) is 16.4. The van der Waals surface area contributed by atoms with Gasteiger partial charge in [0.25, 0.3) is 0 Å². The summed E-state index contributed by atoms with van der Waals surface area (Å²) >= 11 is 5.98. The van der Waals surface area contributed by atoms with Gasteiger partial charge < -0.3 is 20.3 Å². The standard InChI is InChI=1S/C20H22ClN3O3/c1-12-4-6-16(8-13(12)2)24-11-15(10-19(24)25)22-20(26)23-17-9-14(21)5-7-18(17)27-3/h4-9,15H,10-11H2,1-3H3,(H2,22,23,26)/t15-/m0/s1. The number of anilines is 2. The number of ether oxygens (including phenoxy) is 1. The van der Waals surface area contributed by atoms with Crippen molar-refractivity contribution in [2.75, 3.05) is 23.9 Å². The Morgan fingerprint density at radius 3 is 2.67 bits per heavy atom. The number of hydrogen-bond acceptors (Lipinski definition) is 3. The number of amides is 3. The fraction of sp³-hybridized carbons (Fsp3) is 0.300. The lowest BCUT2D eigenvalue weighted by Gasteiger charge is -2.19. The average molecular weight is 388 g/mol. The fourth-order valence-corrected chi connectivity index (χ4v) is 3.24. The van der Waals surface area contributed by atoms with Crippen LogP contribution in [0.4, 0.5) is 16.2 Å². The molecule has 3 amide bonds. The topological polar surface area (TPSA) is 70.7 Å². The number of benzene rings is 2. The van der Waals surface area contributed by atoms with E-state index in [4.69, 9.17) is 16.3 Å². The molecule has 2 aromatic rings. The van der Waals surface area contributed by atoms with Crippen LogP contribution in [-0.2, 0) is 4.79 Å². The number of urea groups is 1. The Balaban J connectivity index is 1.65. The zero-order valence-corrected chi connectivity index (χ0v) is 16.3. The second-order valence-corrected chi connectivity index (χ2v) is 7.05. The van der Waals surface area contributed by atoms with Crippen molar-refractivity contribution in [3.05, 3.63) is 52.5 Å². The fourth-order valence-electron chi connectivity index (χ4n) is 3.07. The SMILES string of the molecule is COc1ccc(Cl)cc1NC(=O)N[C@H]1CC(=O)N(c2ccc(C)c(C)c2)C1. The van der Waals surface area contributed by atoms with Crippen molar-refractivity contribution in [3.63, 3.8) is 0 Å². The van der Waals surface area contributed by atoms with Crippen LogP contribution in [0.5, 0.6) is 5.75 Å². The molecule has 0 unspecified atom stereocenters. The van der Waals surface area contributed by atoms with Gasteiger partial charge >= 0.3 is 6.03 Å². The van der Waals surface area contributed by atoms with E-state index in [0.717, 1.165) is 11.3 Å². The highest BCUT2D eigenvalue weighted by molar-refractivity contribution is 6.31. The van der Waals surface area contributed by atoms with Crippen LogP contribution in [0.2, 0.25) is 5.02 Å². The highest BCUT2D eigenvalue weighted by atomic mass is 35.5. The Hall–Kier alpha value is -2.73. The molecule has 0 radical (unpaired) electrons. The third-order valence-corrected chi connectivity index (χ3v) is 4.91. The molecular weight excluding hydrogens is 366 g/mol. The number of carbonyl (C=O) groups is 2. The summed E-state index contributed by atoms with van der Waals surface area (Å²) in [6.07, 6.45) is 0.257. The number of methoxy groups -OCH3 is 1. The molecule has 2 N–H and O–H groups in total. The first-order valence-corrected chi connectivity index (χ1v) is 9.04. The Morgan fingerprint density at radius 1 is 1.19 bits per heavy atom. The van der Waals surface area contributed by atoms with Crippen LogP contribution in [0.25, 0.3) is 0 Å². The second-order valence-electron chi connectivity index (χ2n) is 6.62. The molecule has 6 nitrogen and oxygen atoms in total. The summed E-state index contributed by atoms with van der Waals surface area (Å²) in [5.41, 5.74) is 3.62. The minimum Gasteiger partial charge on any atom is -0.495 e. The summed E-state index contributed by atoms with van der Waals surface area (Å²) in [6.45, 7) is 4.48. The Kier molecular flexibility index (Phi) is 5.56. The summed E-state index contributed by atoms with van der Waals surface area (Å²) in [7, 11) is 1.52. The summed E-state index contributed by atoms with van der Waals surface area (Å²) in [6, 6.07) is 10.2. The minimum atomic E-state index is -0.407. The van der Waals surface area contributed by atoms with Crippen LogP contribution >= 0.6 is 11.6 Å². The molecule has 3 rings (SSSR count). The van der Waals surface area contributed by atoms with Crippen molar-refractivity contribution < 1.29 is 14.3 Å². The molecule has 0 spiro atoms. The molecule has 1 atom stereocenters. The third kappa shape index (κ3) is 4.34. The number of hydrogen-bond donors (Lipinski definition) is 2. The van der Waals surface area contributed by atoms with Crippen LogP contribution in [0.3, 0.4) is 0 Å². The van der Waals surface area contributed by atoms with Crippen molar-refractivity contribution >= 4 is 34.9 Å². The predicted octanol–water partition coefficient (Wildman–Crippen LogP) is 3.89. The van der Waals surface area contributed by atoms with E-state index in [1.54, 1.807) is 23.1 Å². The van der Waals surface area contributed by atoms with Gasteiger partial charge in [0.2, 0.25) is 5.91 Å². The van der Waals surface area contributed by atoms with Gasteiger partial charge in [-0.25, -0.2) is 4.79 Å². The van der Waals surface area contributed by atoms with Crippen molar-refractivity contribution in [3.8, 4) is 5.75 Å². The smallest absolute Gasteiger partial charge is 0.319 e. The number of nitrogens with one attached hydrogen (secondary N) is 2. The first-order valence-electron chi connectivity index (χ1n) is 8.66. The molecule has 27 heavy (non-hydrogen) atoms. The van der Waals surface area contributed by atoms with E-state index in [1.165, 1.54) is 12.7 Å². The molecule has 1 saturated heterocycles. The molecular formula is C20H22ClN3O3. The van der Waals surface area contributed by atoms with Crippen LogP contribution in [0.1, 0.15) is 17.5 Å². The van der Waals surface area contributed by atoms with Crippen LogP contribution in [-0.4, -0.2) is 31.6 Å². The lowest BCUT2D eigenvalue weighted by atomic mass is 10.1. The maximum absolute atomic E-state index is 12.4. The molecule has 142 valence electrons. The molecule has 0 aromatic heterocycles. The van der Waals surface area contributed by atoms with Gasteiger partial charge in [0, 0.05) is 23.7 Å². The lowest BCUT2D eigenvalue weighted by molar-refractivity contribution is -0.117. The summed E-state index contributed by atoms with van der Waals surface area (Å²) in [5, 5.41) is 6.06. The minimum absolute atomic E-state index is 0.0103. The Bertz CT molecular complexity index is 885. The zero-order chi connectivity index (χ0) is 19.6. The van der Waals surface area contributed by atoms with Crippen LogP contribution in [0, 0.1) is 13.8 Å². The number of aryl methyl sites for hydroxylation is 2. The maximum atomic E-state index is 12.4. The van der Waals surface area contributed by atoms with Crippen molar-refractivity contribution in [2.24, 2.45) is 0 Å². The molecule has 1 heterocycles. The summed E-state index contributed by atoms with van der Waals surface area (Å²) in [4.78, 5) is 26.4. The molecule has 1 aliphatic heterocycles. The second kappa shape index (κ2) is 7.88. The van der Waals surface area contributed by atoms with Crippen molar-refractivity contribution in [1.82, 2.24) is 5.32 Å². The van der Waals surface area contributed by atoms with Gasteiger partial charge in [0.1, 0.15) is 5.75 Å². The number of rotatable bonds is 4. The van der Waals surface area contributed by atoms with Crippen LogP contribution < -0.4 is 20.3 Å². The summed E-state index contributed by atoms with van der Waals surface area (Å²) < 4.78 is 5.22. The van der Waals surface area contributed by atoms with E-state index in [2.05, 4.69) is 10.6 Å². The molecule has 0 saturated carbocycles. The first-order chi connectivity index (χ1) is 12.9. The van der Waals surface area contributed by atoms with Gasteiger partial charge in [-0.3, -0.25) is 4.79 Å². The Morgan fingerprint density at radius 2 is 1.96 bits per heavy atom. The highest BCUT2D eigenvalue weighted by Crippen LogP contribution is 2.28. The third-order valence-electron chi connectivity index (χ3n) is 4.67. The molecule has 1 fully saturated rings. The van der Waals surface area contributed by atoms with E-state index in [-0.39, 0.29) is 18.4 Å². The van der Waals surface area contributed by atoms with E-state index < -0.39 is 6.03 Å². The number of nitrogens with zero attached hydrogens (tertiary/aromatic N) is 1. The number of carbonyl (C=O) groups excluding carboxylic acids is 2. The van der Waals surface area contributed by atoms with Gasteiger partial charge in [-0.05, 0) is 55.3 Å². The molecule has 2 aromatic carbocycles. The highest BCUT2D eigenvalue weighted by Gasteiger charge is 2.31. The molecule has 0 bridgehead atoms. The summed E-state index contributed by atoms with van der Waals surface area (Å²) in [5.74, 6) is 0.498. The molecule has 1 aliphatic rings. The van der Waals surface area contributed by atoms with Crippen molar-refractivity contribution in [1.29, 1.82) is 0 Å². The van der Waals surface area contributed by atoms with Gasteiger partial charge in [-0.1, -0.05) is 17.7 Å². The quantitative estimate of drug-likeness (QED) is 0.836. The molecule has 7 heteroatoms. The van der Waals surface area contributed by atoms with E-state index in [0.29, 0.717) is 23.0 Å². The van der Waals surface area contributed by atoms with Crippen LogP contribution in [0.15, 0.2) is 36.4 Å². The maximum Gasteiger partial charge on any atom is 0.319 e. The largest absolute Gasteiger partial charge is 0.495 e. The average Bonchev–Trinajstić information content (AvgIpc) is 2.97. The van der Waals surface area contributed by atoms with Gasteiger partial charge in [-0.2, -0.15) is 0 Å². The van der Waals surface area contributed by atoms with Gasteiger partial charge in [-0.15, -0.1) is 0 Å². The molecule has 0 aliphatic carbocycles. The van der Waals surface area contributed by atoms with Gasteiger partial charge in [0.05, 0.1) is 18.8 Å². The predicted molar refractivity (Wildman–Crippen MR) is 107 cm³/mol. The van der Waals surface area contributed by atoms with E-state index in [9.17, 15) is 9.59 Å². The zero-order valence-electron chi connectivity index (χ0n) is 15.5. The monoisotopic (exact) mass is 387 g/mol. The first kappa shape index (κ1) is 19.0. The Labute approximate surface area is 163 Å². The van der Waals surface area contributed by atoms with E-state index in [1.807, 2.05) is 32.0 Å². The van der Waals surface area contributed by atoms with E-state index >= 15 is 0 Å². The number of halogens is 1.